The maximum absolute atomic E-state index is 13.2. The molecular formula is C22H17FN4O4. The largest absolute Gasteiger partial charge is 0.344 e. The molecule has 0 aliphatic heterocycles. The minimum absolute atomic E-state index is 0.0914. The van der Waals surface area contributed by atoms with Gasteiger partial charge < -0.3 is 14.9 Å². The van der Waals surface area contributed by atoms with Crippen LogP contribution in [0.3, 0.4) is 0 Å². The molecule has 156 valence electrons. The van der Waals surface area contributed by atoms with E-state index in [4.69, 9.17) is 0 Å². The Hall–Kier alpha value is -4.27. The van der Waals surface area contributed by atoms with Crippen LogP contribution in [0.2, 0.25) is 0 Å². The number of amides is 1. The highest BCUT2D eigenvalue weighted by Crippen LogP contribution is 2.18. The van der Waals surface area contributed by atoms with Crippen molar-refractivity contribution in [2.45, 2.75) is 6.92 Å². The number of H-pyrrole nitrogens is 1. The first kappa shape index (κ1) is 20.0. The lowest BCUT2D eigenvalue weighted by molar-refractivity contribution is 0.101. The van der Waals surface area contributed by atoms with E-state index in [0.29, 0.717) is 11.3 Å². The summed E-state index contributed by atoms with van der Waals surface area (Å²) < 4.78 is 15.5. The van der Waals surface area contributed by atoms with Crippen molar-refractivity contribution in [2.75, 3.05) is 5.32 Å². The van der Waals surface area contributed by atoms with Gasteiger partial charge in [-0.05, 0) is 55.5 Å². The van der Waals surface area contributed by atoms with E-state index in [-0.39, 0.29) is 28.1 Å². The second-order valence-corrected chi connectivity index (χ2v) is 7.01. The lowest BCUT2D eigenvalue weighted by atomic mass is 10.1. The number of benzene rings is 2. The zero-order valence-electron chi connectivity index (χ0n) is 16.6. The zero-order valence-corrected chi connectivity index (χ0v) is 16.6. The molecule has 1 amide bonds. The number of carbonyl (C=O) groups excluding carboxylic acids is 2. The van der Waals surface area contributed by atoms with Crippen molar-refractivity contribution in [2.24, 2.45) is 7.05 Å². The Morgan fingerprint density at radius 2 is 1.65 bits per heavy atom. The van der Waals surface area contributed by atoms with Crippen LogP contribution >= 0.6 is 0 Å². The van der Waals surface area contributed by atoms with Gasteiger partial charge in [0.15, 0.2) is 5.78 Å². The third-order valence-electron chi connectivity index (χ3n) is 4.90. The first-order valence-corrected chi connectivity index (χ1v) is 9.29. The van der Waals surface area contributed by atoms with E-state index in [0.717, 1.165) is 16.7 Å². The van der Waals surface area contributed by atoms with Gasteiger partial charge in [-0.15, -0.1) is 0 Å². The van der Waals surface area contributed by atoms with E-state index in [9.17, 15) is 23.6 Å². The summed E-state index contributed by atoms with van der Waals surface area (Å²) in [6.07, 6.45) is 1.44. The molecule has 0 bridgehead atoms. The fourth-order valence-electron chi connectivity index (χ4n) is 3.36. The van der Waals surface area contributed by atoms with E-state index in [1.54, 1.807) is 31.3 Å². The fraction of sp³-hybridized carbons (Fsp3) is 0.0909. The summed E-state index contributed by atoms with van der Waals surface area (Å²) in [5.74, 6) is -1.12. The molecular weight excluding hydrogens is 403 g/mol. The van der Waals surface area contributed by atoms with Crippen molar-refractivity contribution in [3.05, 3.63) is 92.5 Å². The van der Waals surface area contributed by atoms with Crippen LogP contribution in [0.25, 0.3) is 16.7 Å². The molecule has 2 aromatic heterocycles. The highest BCUT2D eigenvalue weighted by atomic mass is 19.1. The molecule has 0 aliphatic carbocycles. The Kier molecular flexibility index (Phi) is 4.86. The molecule has 0 fully saturated rings. The molecule has 0 saturated heterocycles. The average Bonchev–Trinajstić information content (AvgIpc) is 3.06. The van der Waals surface area contributed by atoms with Crippen LogP contribution < -0.4 is 16.6 Å². The predicted octanol–water partition coefficient (Wildman–Crippen LogP) is 2.61. The van der Waals surface area contributed by atoms with Crippen molar-refractivity contribution >= 4 is 28.4 Å². The van der Waals surface area contributed by atoms with Crippen LogP contribution in [-0.4, -0.2) is 25.8 Å². The quantitative estimate of drug-likeness (QED) is 0.495. The van der Waals surface area contributed by atoms with E-state index in [1.807, 2.05) is 0 Å². The number of nitrogens with zero attached hydrogens (tertiary/aromatic N) is 2. The van der Waals surface area contributed by atoms with Gasteiger partial charge in [-0.3, -0.25) is 14.4 Å². The van der Waals surface area contributed by atoms with Gasteiger partial charge in [-0.1, -0.05) is 0 Å². The van der Waals surface area contributed by atoms with Gasteiger partial charge in [0.05, 0.1) is 16.8 Å². The summed E-state index contributed by atoms with van der Waals surface area (Å²) >= 11 is 0. The molecule has 2 heterocycles. The topological polar surface area (TPSA) is 106 Å². The van der Waals surface area contributed by atoms with Crippen LogP contribution in [-0.2, 0) is 7.05 Å². The number of aromatic nitrogens is 3. The third kappa shape index (κ3) is 3.57. The Morgan fingerprint density at radius 3 is 2.26 bits per heavy atom. The molecule has 4 aromatic rings. The van der Waals surface area contributed by atoms with Crippen LogP contribution in [0.1, 0.15) is 27.6 Å². The minimum Gasteiger partial charge on any atom is -0.344 e. The fourth-order valence-corrected chi connectivity index (χ4v) is 3.36. The Bertz CT molecular complexity index is 1440. The third-order valence-corrected chi connectivity index (χ3v) is 4.90. The number of halogens is 1. The second-order valence-electron chi connectivity index (χ2n) is 7.01. The number of aromatic amines is 1. The number of ketones is 1. The predicted molar refractivity (Wildman–Crippen MR) is 113 cm³/mol. The van der Waals surface area contributed by atoms with E-state index < -0.39 is 23.0 Å². The van der Waals surface area contributed by atoms with Crippen molar-refractivity contribution < 1.29 is 14.0 Å². The van der Waals surface area contributed by atoms with Gasteiger partial charge in [-0.2, -0.15) is 0 Å². The maximum Gasteiger partial charge on any atom is 0.333 e. The summed E-state index contributed by atoms with van der Waals surface area (Å²) in [6.45, 7) is 1.44. The van der Waals surface area contributed by atoms with Crippen LogP contribution in [0.5, 0.6) is 0 Å². The molecule has 0 saturated carbocycles. The first-order valence-electron chi connectivity index (χ1n) is 9.29. The number of nitrogens with one attached hydrogen (secondary N) is 2. The Morgan fingerprint density at radius 1 is 1.00 bits per heavy atom. The number of hydrogen-bond acceptors (Lipinski definition) is 4. The summed E-state index contributed by atoms with van der Waals surface area (Å²) in [7, 11) is 1.58. The number of aryl methyl sites for hydroxylation is 1. The van der Waals surface area contributed by atoms with Crippen molar-refractivity contribution in [1.82, 2.24) is 14.1 Å². The van der Waals surface area contributed by atoms with Gasteiger partial charge in [0.1, 0.15) is 11.3 Å². The number of rotatable bonds is 4. The summed E-state index contributed by atoms with van der Waals surface area (Å²) in [4.78, 5) is 52.4. The normalized spacial score (nSPS) is 10.9. The SMILES string of the molecule is CC(=O)c1ccc(NC(=O)c2cn(C)c3c(=O)n(-c4ccc(F)cc4)c(=O)[nH]c23)cc1. The van der Waals surface area contributed by atoms with Crippen LogP contribution in [0, 0.1) is 5.82 Å². The molecule has 0 aliphatic rings. The molecule has 4 rings (SSSR count). The van der Waals surface area contributed by atoms with E-state index >= 15 is 0 Å². The van der Waals surface area contributed by atoms with Gasteiger partial charge in [0.2, 0.25) is 0 Å². The molecule has 0 unspecified atom stereocenters. The van der Waals surface area contributed by atoms with Crippen molar-refractivity contribution in [1.29, 1.82) is 0 Å². The molecule has 0 atom stereocenters. The highest BCUT2D eigenvalue weighted by molar-refractivity contribution is 6.11. The summed E-state index contributed by atoms with van der Waals surface area (Å²) in [5, 5.41) is 2.69. The molecule has 2 N–H and O–H groups in total. The van der Waals surface area contributed by atoms with Gasteiger partial charge in [0, 0.05) is 24.5 Å². The Balaban J connectivity index is 1.77. The van der Waals surface area contributed by atoms with Crippen LogP contribution in [0.4, 0.5) is 10.1 Å². The number of anilines is 1. The minimum atomic E-state index is -0.754. The standard InChI is InChI=1S/C22H17FN4O4/c1-12(28)13-3-7-15(8-4-13)24-20(29)17-11-26(2)19-18(17)25-22(31)27(21(19)30)16-9-5-14(23)6-10-16/h3-11H,1-2H3,(H,24,29)(H,25,31). The molecule has 0 radical (unpaired) electrons. The molecule has 2 aromatic carbocycles. The smallest absolute Gasteiger partial charge is 0.333 e. The van der Waals surface area contributed by atoms with Crippen molar-refractivity contribution in [3.63, 3.8) is 0 Å². The second kappa shape index (κ2) is 7.52. The number of carbonyl (C=O) groups is 2. The number of fused-ring (bicyclic) bond motifs is 1. The summed E-state index contributed by atoms with van der Waals surface area (Å²) in [5.41, 5.74) is 0.0753. The van der Waals surface area contributed by atoms with Gasteiger partial charge in [-0.25, -0.2) is 13.8 Å². The van der Waals surface area contributed by atoms with Gasteiger partial charge in [0.25, 0.3) is 11.5 Å². The average molecular weight is 420 g/mol. The highest BCUT2D eigenvalue weighted by Gasteiger charge is 2.20. The van der Waals surface area contributed by atoms with E-state index in [2.05, 4.69) is 10.3 Å². The lowest BCUT2D eigenvalue weighted by Gasteiger charge is -2.07. The molecule has 0 spiro atoms. The van der Waals surface area contributed by atoms with Gasteiger partial charge >= 0.3 is 5.69 Å². The maximum atomic E-state index is 13.2. The zero-order chi connectivity index (χ0) is 22.3. The number of Topliss-reactive ketones (excluding diaryl/α,β-unsaturated/α-hetero) is 1. The van der Waals surface area contributed by atoms with Crippen molar-refractivity contribution in [3.8, 4) is 5.69 Å². The first-order chi connectivity index (χ1) is 14.8. The lowest BCUT2D eigenvalue weighted by Crippen LogP contribution is -2.34. The van der Waals surface area contributed by atoms with E-state index in [1.165, 1.54) is 29.8 Å². The van der Waals surface area contributed by atoms with Crippen LogP contribution in [0.15, 0.2) is 64.3 Å². The molecule has 9 heteroatoms. The monoisotopic (exact) mass is 420 g/mol. The molecule has 31 heavy (non-hydrogen) atoms. The number of hydrogen-bond donors (Lipinski definition) is 2. The summed E-state index contributed by atoms with van der Waals surface area (Å²) in [6, 6.07) is 11.3. The Labute approximate surface area is 174 Å². The molecule has 8 nitrogen and oxygen atoms in total.